The maximum absolute atomic E-state index is 11.5. The molecule has 0 aromatic heterocycles. The summed E-state index contributed by atoms with van der Waals surface area (Å²) in [5.74, 6) is 1.30. The van der Waals surface area contributed by atoms with Crippen LogP contribution in [-0.2, 0) is 4.79 Å². The summed E-state index contributed by atoms with van der Waals surface area (Å²) in [6.07, 6.45) is 1.79. The first-order valence-corrected chi connectivity index (χ1v) is 6.59. The largest absolute Gasteiger partial charge is 0.486 e. The fraction of sp³-hybridized carbons (Fsp3) is 0.167. The lowest BCUT2D eigenvalue weighted by Gasteiger charge is -2.18. The number of carbonyl (C=O) groups is 1. The number of hydrogen-bond donors (Lipinski definition) is 1. The molecule has 1 aromatic rings. The molecule has 18 heavy (non-hydrogen) atoms. The van der Waals surface area contributed by atoms with Gasteiger partial charge in [0.1, 0.15) is 17.5 Å². The van der Waals surface area contributed by atoms with Gasteiger partial charge in [-0.3, -0.25) is 4.79 Å². The molecule has 92 valence electrons. The molecule has 1 aromatic carbocycles. The van der Waals surface area contributed by atoms with Crippen molar-refractivity contribution in [3.8, 4) is 11.5 Å². The quantitative estimate of drug-likeness (QED) is 0.629. The molecular weight excluding hydrogens is 270 g/mol. The van der Waals surface area contributed by atoms with E-state index in [4.69, 9.17) is 21.7 Å². The SMILES string of the molecule is O=C1NC(=S)S/C1=C/c1ccc2c(c1)OCCO2. The minimum absolute atomic E-state index is 0.153. The monoisotopic (exact) mass is 279 g/mol. The summed E-state index contributed by atoms with van der Waals surface area (Å²) >= 11 is 6.20. The minimum Gasteiger partial charge on any atom is -0.486 e. The van der Waals surface area contributed by atoms with Crippen molar-refractivity contribution in [2.24, 2.45) is 0 Å². The maximum Gasteiger partial charge on any atom is 0.263 e. The van der Waals surface area contributed by atoms with Gasteiger partial charge in [-0.1, -0.05) is 30.0 Å². The van der Waals surface area contributed by atoms with Gasteiger partial charge in [-0.25, -0.2) is 0 Å². The standard InChI is InChI=1S/C12H9NO3S2/c14-11-10(18-12(17)13-11)6-7-1-2-8-9(5-7)16-4-3-15-8/h1-2,5-6H,3-4H2,(H,13,14,17)/b10-6+. The van der Waals surface area contributed by atoms with E-state index in [0.717, 1.165) is 11.3 Å². The van der Waals surface area contributed by atoms with Crippen LogP contribution < -0.4 is 14.8 Å². The maximum atomic E-state index is 11.5. The highest BCUT2D eigenvalue weighted by Crippen LogP contribution is 2.33. The third-order valence-electron chi connectivity index (χ3n) is 2.51. The number of carbonyl (C=O) groups excluding carboxylic acids is 1. The zero-order chi connectivity index (χ0) is 12.5. The Balaban J connectivity index is 1.91. The highest BCUT2D eigenvalue weighted by atomic mass is 32.2. The lowest BCUT2D eigenvalue weighted by molar-refractivity contribution is -0.115. The molecule has 0 saturated carbocycles. The normalized spacial score (nSPS) is 20.1. The van der Waals surface area contributed by atoms with E-state index in [9.17, 15) is 4.79 Å². The van der Waals surface area contributed by atoms with Crippen LogP contribution in [0.4, 0.5) is 0 Å². The molecule has 1 amide bonds. The summed E-state index contributed by atoms with van der Waals surface area (Å²) in [4.78, 5) is 12.1. The van der Waals surface area contributed by atoms with Crippen LogP contribution in [0.3, 0.4) is 0 Å². The van der Waals surface area contributed by atoms with E-state index in [1.807, 2.05) is 18.2 Å². The fourth-order valence-corrected chi connectivity index (χ4v) is 2.77. The second-order valence-corrected chi connectivity index (χ2v) is 5.47. The predicted molar refractivity (Wildman–Crippen MR) is 73.7 cm³/mol. The van der Waals surface area contributed by atoms with Gasteiger partial charge in [0.2, 0.25) is 0 Å². The molecule has 0 atom stereocenters. The zero-order valence-corrected chi connectivity index (χ0v) is 10.9. The number of benzene rings is 1. The molecule has 3 rings (SSSR count). The summed E-state index contributed by atoms with van der Waals surface area (Å²) in [5, 5.41) is 2.58. The van der Waals surface area contributed by atoms with Crippen LogP contribution in [0.15, 0.2) is 23.1 Å². The van der Waals surface area contributed by atoms with E-state index >= 15 is 0 Å². The second kappa shape index (κ2) is 4.62. The summed E-state index contributed by atoms with van der Waals surface area (Å²) in [7, 11) is 0. The molecule has 1 saturated heterocycles. The van der Waals surface area contributed by atoms with E-state index in [1.54, 1.807) is 6.08 Å². The number of thiocarbonyl (C=S) groups is 1. The lowest BCUT2D eigenvalue weighted by atomic mass is 10.2. The average molecular weight is 279 g/mol. The molecule has 4 nitrogen and oxygen atoms in total. The van der Waals surface area contributed by atoms with Crippen molar-refractivity contribution in [2.75, 3.05) is 13.2 Å². The third kappa shape index (κ3) is 2.21. The summed E-state index contributed by atoms with van der Waals surface area (Å²) in [6.45, 7) is 1.12. The van der Waals surface area contributed by atoms with Crippen molar-refractivity contribution in [1.82, 2.24) is 5.32 Å². The number of rotatable bonds is 1. The first kappa shape index (κ1) is 11.6. The predicted octanol–water partition coefficient (Wildman–Crippen LogP) is 1.95. The number of ether oxygens (including phenoxy) is 2. The van der Waals surface area contributed by atoms with Crippen molar-refractivity contribution in [1.29, 1.82) is 0 Å². The van der Waals surface area contributed by atoms with E-state index in [0.29, 0.717) is 28.2 Å². The molecule has 0 unspecified atom stereocenters. The molecule has 2 heterocycles. The van der Waals surface area contributed by atoms with Crippen molar-refractivity contribution < 1.29 is 14.3 Å². The van der Waals surface area contributed by atoms with Gasteiger partial charge in [-0.2, -0.15) is 0 Å². The van der Waals surface area contributed by atoms with Gasteiger partial charge < -0.3 is 14.8 Å². The molecule has 2 aliphatic heterocycles. The fourth-order valence-electron chi connectivity index (χ4n) is 1.72. The third-order valence-corrected chi connectivity index (χ3v) is 3.67. The van der Waals surface area contributed by atoms with Crippen molar-refractivity contribution in [3.05, 3.63) is 28.7 Å². The Labute approximate surface area is 113 Å². The van der Waals surface area contributed by atoms with E-state index in [-0.39, 0.29) is 5.91 Å². The van der Waals surface area contributed by atoms with E-state index < -0.39 is 0 Å². The number of hydrogen-bond acceptors (Lipinski definition) is 5. The summed E-state index contributed by atoms with van der Waals surface area (Å²) in [6, 6.07) is 5.59. The highest BCUT2D eigenvalue weighted by Gasteiger charge is 2.22. The molecule has 1 fully saturated rings. The smallest absolute Gasteiger partial charge is 0.263 e. The first-order chi connectivity index (χ1) is 8.72. The van der Waals surface area contributed by atoms with Gasteiger partial charge in [0.15, 0.2) is 11.5 Å². The van der Waals surface area contributed by atoms with Crippen LogP contribution >= 0.6 is 24.0 Å². The number of fused-ring (bicyclic) bond motifs is 1. The molecule has 0 spiro atoms. The molecule has 0 bridgehead atoms. The summed E-state index contributed by atoms with van der Waals surface area (Å²) < 4.78 is 11.4. The first-order valence-electron chi connectivity index (χ1n) is 5.37. The molecular formula is C12H9NO3S2. The van der Waals surface area contributed by atoms with Crippen LogP contribution in [0.25, 0.3) is 6.08 Å². The molecule has 6 heteroatoms. The van der Waals surface area contributed by atoms with Crippen LogP contribution in [0.5, 0.6) is 11.5 Å². The van der Waals surface area contributed by atoms with Crippen molar-refractivity contribution in [2.45, 2.75) is 0 Å². The Morgan fingerprint density at radius 1 is 1.28 bits per heavy atom. The molecule has 0 radical (unpaired) electrons. The minimum atomic E-state index is -0.153. The van der Waals surface area contributed by atoms with E-state index in [1.165, 1.54) is 11.8 Å². The summed E-state index contributed by atoms with van der Waals surface area (Å²) in [5.41, 5.74) is 0.890. The Hall–Kier alpha value is -1.53. The van der Waals surface area contributed by atoms with Gasteiger partial charge in [-0.15, -0.1) is 0 Å². The van der Waals surface area contributed by atoms with E-state index in [2.05, 4.69) is 5.32 Å². The molecule has 2 aliphatic rings. The second-order valence-electron chi connectivity index (χ2n) is 3.76. The molecule has 0 aliphatic carbocycles. The number of thioether (sulfide) groups is 1. The van der Waals surface area contributed by atoms with Gasteiger partial charge in [0.25, 0.3) is 5.91 Å². The Kier molecular flexibility index (Phi) is 2.97. The number of amides is 1. The average Bonchev–Trinajstić information content (AvgIpc) is 2.68. The van der Waals surface area contributed by atoms with Crippen LogP contribution in [-0.4, -0.2) is 23.4 Å². The lowest BCUT2D eigenvalue weighted by Crippen LogP contribution is -2.17. The Bertz CT molecular complexity index is 568. The Morgan fingerprint density at radius 2 is 2.06 bits per heavy atom. The van der Waals surface area contributed by atoms with Crippen LogP contribution in [0, 0.1) is 0 Å². The topological polar surface area (TPSA) is 47.6 Å². The Morgan fingerprint density at radius 3 is 2.78 bits per heavy atom. The zero-order valence-electron chi connectivity index (χ0n) is 9.26. The van der Waals surface area contributed by atoms with Gasteiger partial charge in [-0.05, 0) is 23.8 Å². The van der Waals surface area contributed by atoms with Crippen molar-refractivity contribution in [3.63, 3.8) is 0 Å². The van der Waals surface area contributed by atoms with Crippen molar-refractivity contribution >= 4 is 40.3 Å². The highest BCUT2D eigenvalue weighted by molar-refractivity contribution is 8.26. The van der Waals surface area contributed by atoms with Gasteiger partial charge in [0.05, 0.1) is 4.91 Å². The number of nitrogens with one attached hydrogen (secondary N) is 1. The van der Waals surface area contributed by atoms with Crippen LogP contribution in [0.2, 0.25) is 0 Å². The molecule has 1 N–H and O–H groups in total. The van der Waals surface area contributed by atoms with Crippen LogP contribution in [0.1, 0.15) is 5.56 Å². The van der Waals surface area contributed by atoms with Gasteiger partial charge in [0, 0.05) is 0 Å². The van der Waals surface area contributed by atoms with Gasteiger partial charge >= 0.3 is 0 Å².